The second kappa shape index (κ2) is 6.42. The molecule has 6 nitrogen and oxygen atoms in total. The van der Waals surface area contributed by atoms with Gasteiger partial charge in [-0.2, -0.15) is 0 Å². The number of imide groups is 1. The first-order chi connectivity index (χ1) is 12.5. The highest BCUT2D eigenvalue weighted by Gasteiger charge is 2.42. The van der Waals surface area contributed by atoms with Crippen molar-refractivity contribution < 1.29 is 23.2 Å². The van der Waals surface area contributed by atoms with Crippen LogP contribution < -0.4 is 10.6 Å². The number of piperidine rings is 2. The van der Waals surface area contributed by atoms with Crippen LogP contribution in [0.15, 0.2) is 6.07 Å². The molecule has 0 bridgehead atoms. The third kappa shape index (κ3) is 2.68. The molecule has 2 N–H and O–H groups in total. The van der Waals surface area contributed by atoms with Gasteiger partial charge in [-0.1, -0.05) is 0 Å². The van der Waals surface area contributed by atoms with E-state index >= 15 is 0 Å². The fraction of sp³-hybridized carbons (Fsp3) is 0.500. The second-order valence-electron chi connectivity index (χ2n) is 7.04. The molecule has 1 atom stereocenters. The number of carbonyl (C=O) groups is 3. The van der Waals surface area contributed by atoms with Gasteiger partial charge in [0.2, 0.25) is 11.8 Å². The van der Waals surface area contributed by atoms with Crippen molar-refractivity contribution in [2.24, 2.45) is 0 Å². The number of fused-ring (bicyclic) bond motifs is 1. The maximum absolute atomic E-state index is 14.4. The molecule has 2 saturated heterocycles. The summed E-state index contributed by atoms with van der Waals surface area (Å²) < 4.78 is 28.6. The van der Waals surface area contributed by atoms with Gasteiger partial charge in [0.05, 0.1) is 5.56 Å². The van der Waals surface area contributed by atoms with Crippen LogP contribution in [0.4, 0.5) is 8.78 Å². The van der Waals surface area contributed by atoms with Crippen LogP contribution in [0.2, 0.25) is 0 Å². The van der Waals surface area contributed by atoms with E-state index in [1.54, 1.807) is 0 Å². The zero-order valence-corrected chi connectivity index (χ0v) is 14.1. The molecular weight excluding hydrogens is 344 g/mol. The molecule has 0 aromatic heterocycles. The molecule has 1 aromatic carbocycles. The van der Waals surface area contributed by atoms with Crippen molar-refractivity contribution in [3.8, 4) is 0 Å². The Balaban J connectivity index is 1.71. The minimum absolute atomic E-state index is 0.0506. The first-order valence-electron chi connectivity index (χ1n) is 8.83. The summed E-state index contributed by atoms with van der Waals surface area (Å²) in [5.74, 6) is -3.76. The summed E-state index contributed by atoms with van der Waals surface area (Å²) >= 11 is 0. The van der Waals surface area contributed by atoms with Crippen LogP contribution in [0.1, 0.15) is 53.1 Å². The molecule has 1 unspecified atom stereocenters. The molecule has 138 valence electrons. The van der Waals surface area contributed by atoms with E-state index in [0.29, 0.717) is 11.1 Å². The van der Waals surface area contributed by atoms with Gasteiger partial charge in [-0.15, -0.1) is 0 Å². The Kier molecular flexibility index (Phi) is 4.22. The number of benzene rings is 1. The summed E-state index contributed by atoms with van der Waals surface area (Å²) in [4.78, 5) is 37.5. The van der Waals surface area contributed by atoms with Crippen molar-refractivity contribution in [3.05, 3.63) is 34.4 Å². The lowest BCUT2D eigenvalue weighted by Gasteiger charge is -2.29. The molecule has 3 aliphatic heterocycles. The van der Waals surface area contributed by atoms with Gasteiger partial charge in [0.1, 0.15) is 6.04 Å². The molecule has 3 aliphatic rings. The fourth-order valence-electron chi connectivity index (χ4n) is 4.19. The van der Waals surface area contributed by atoms with Crippen LogP contribution in [-0.2, 0) is 16.1 Å². The molecule has 4 rings (SSSR count). The molecule has 2 fully saturated rings. The topological polar surface area (TPSA) is 78.5 Å². The number of halogens is 2. The Morgan fingerprint density at radius 1 is 1.08 bits per heavy atom. The molecule has 3 heterocycles. The number of nitrogens with zero attached hydrogens (tertiary/aromatic N) is 1. The van der Waals surface area contributed by atoms with Crippen molar-refractivity contribution in [1.29, 1.82) is 0 Å². The van der Waals surface area contributed by atoms with Crippen molar-refractivity contribution >= 4 is 17.7 Å². The first kappa shape index (κ1) is 17.1. The molecule has 8 heteroatoms. The van der Waals surface area contributed by atoms with E-state index in [1.165, 1.54) is 11.0 Å². The number of carbonyl (C=O) groups excluding carboxylic acids is 3. The normalized spacial score (nSPS) is 24.0. The summed E-state index contributed by atoms with van der Waals surface area (Å²) in [6.45, 7) is 1.63. The maximum atomic E-state index is 14.4. The van der Waals surface area contributed by atoms with Crippen LogP contribution >= 0.6 is 0 Å². The number of hydrogen-bond donors (Lipinski definition) is 2. The van der Waals surface area contributed by atoms with Crippen molar-refractivity contribution in [2.45, 2.75) is 44.2 Å². The lowest BCUT2D eigenvalue weighted by atomic mass is 9.85. The van der Waals surface area contributed by atoms with Crippen LogP contribution in [0.5, 0.6) is 0 Å². The van der Waals surface area contributed by atoms with Crippen molar-refractivity contribution in [3.63, 3.8) is 0 Å². The van der Waals surface area contributed by atoms with E-state index in [0.717, 1.165) is 25.9 Å². The largest absolute Gasteiger partial charge is 0.322 e. The average Bonchev–Trinajstić information content (AvgIpc) is 2.96. The van der Waals surface area contributed by atoms with Crippen LogP contribution in [0.3, 0.4) is 0 Å². The molecule has 0 radical (unpaired) electrons. The third-order valence-electron chi connectivity index (χ3n) is 5.53. The van der Waals surface area contributed by atoms with Crippen LogP contribution in [-0.4, -0.2) is 41.8 Å². The smallest absolute Gasteiger partial charge is 0.258 e. The standard InChI is InChI=1S/C18H19F2N3O3/c19-12-7-10(9-3-5-21-6-4-9)11-8-23(18(26)15(11)16(12)20)13-1-2-14(24)22-17(13)25/h7,9,13,21H,1-6,8H2,(H,22,24,25). The predicted molar refractivity (Wildman–Crippen MR) is 87.2 cm³/mol. The molecule has 0 aliphatic carbocycles. The summed E-state index contributed by atoms with van der Waals surface area (Å²) in [5, 5.41) is 5.44. The number of hydrogen-bond acceptors (Lipinski definition) is 4. The number of nitrogens with one attached hydrogen (secondary N) is 2. The molecule has 0 saturated carbocycles. The quantitative estimate of drug-likeness (QED) is 0.774. The van der Waals surface area contributed by atoms with Gasteiger partial charge in [-0.25, -0.2) is 8.78 Å². The summed E-state index contributed by atoms with van der Waals surface area (Å²) in [7, 11) is 0. The maximum Gasteiger partial charge on any atom is 0.258 e. The Labute approximate surface area is 148 Å². The number of amides is 3. The number of rotatable bonds is 2. The van der Waals surface area contributed by atoms with E-state index in [4.69, 9.17) is 0 Å². The third-order valence-corrected chi connectivity index (χ3v) is 5.53. The summed E-state index contributed by atoms with van der Waals surface area (Å²) in [6, 6.07) is 0.363. The van der Waals surface area contributed by atoms with Gasteiger partial charge in [-0.05, 0) is 55.5 Å². The van der Waals surface area contributed by atoms with E-state index in [-0.39, 0.29) is 36.8 Å². The average molecular weight is 363 g/mol. The van der Waals surface area contributed by atoms with Crippen LogP contribution in [0.25, 0.3) is 0 Å². The predicted octanol–water partition coefficient (Wildman–Crippen LogP) is 1.19. The van der Waals surface area contributed by atoms with Crippen molar-refractivity contribution in [2.75, 3.05) is 13.1 Å². The molecule has 3 amide bonds. The summed E-state index contributed by atoms with van der Waals surface area (Å²) in [6.07, 6.45) is 1.87. The van der Waals surface area contributed by atoms with E-state index in [1.807, 2.05) is 0 Å². The molecule has 1 aromatic rings. The van der Waals surface area contributed by atoms with E-state index in [2.05, 4.69) is 10.6 Å². The minimum Gasteiger partial charge on any atom is -0.322 e. The Morgan fingerprint density at radius 2 is 1.81 bits per heavy atom. The highest BCUT2D eigenvalue weighted by molar-refractivity contribution is 6.05. The SMILES string of the molecule is O=C1CCC(N2Cc3c(C4CCNCC4)cc(F)c(F)c3C2=O)C(=O)N1. The molecule has 26 heavy (non-hydrogen) atoms. The Morgan fingerprint density at radius 3 is 2.50 bits per heavy atom. The van der Waals surface area contributed by atoms with Crippen LogP contribution in [0, 0.1) is 11.6 Å². The van der Waals surface area contributed by atoms with Gasteiger partial charge in [0.25, 0.3) is 5.91 Å². The summed E-state index contributed by atoms with van der Waals surface area (Å²) in [5.41, 5.74) is 0.872. The van der Waals surface area contributed by atoms with E-state index in [9.17, 15) is 23.2 Å². The fourth-order valence-corrected chi connectivity index (χ4v) is 4.19. The van der Waals surface area contributed by atoms with Gasteiger partial charge in [0, 0.05) is 13.0 Å². The van der Waals surface area contributed by atoms with Gasteiger partial charge >= 0.3 is 0 Å². The highest BCUT2D eigenvalue weighted by atomic mass is 19.2. The van der Waals surface area contributed by atoms with Crippen molar-refractivity contribution in [1.82, 2.24) is 15.5 Å². The highest BCUT2D eigenvalue weighted by Crippen LogP contribution is 2.38. The lowest BCUT2D eigenvalue weighted by Crippen LogP contribution is -2.52. The van der Waals surface area contributed by atoms with Gasteiger partial charge in [0.15, 0.2) is 11.6 Å². The van der Waals surface area contributed by atoms with E-state index < -0.39 is 29.5 Å². The zero-order valence-electron chi connectivity index (χ0n) is 14.1. The Bertz CT molecular complexity index is 805. The zero-order chi connectivity index (χ0) is 18.4. The molecular formula is C18H19F2N3O3. The Hall–Kier alpha value is -2.35. The monoisotopic (exact) mass is 363 g/mol. The molecule has 0 spiro atoms. The minimum atomic E-state index is -1.16. The first-order valence-corrected chi connectivity index (χ1v) is 8.83. The van der Waals surface area contributed by atoms with Gasteiger partial charge < -0.3 is 10.2 Å². The second-order valence-corrected chi connectivity index (χ2v) is 7.04. The lowest BCUT2D eigenvalue weighted by molar-refractivity contribution is -0.136. The van der Waals surface area contributed by atoms with Gasteiger partial charge in [-0.3, -0.25) is 19.7 Å².